The molecule has 0 unspecified atom stereocenters. The highest BCUT2D eigenvalue weighted by Gasteiger charge is 2.13. The molecule has 0 saturated heterocycles. The number of carbonyl (C=O) groups excluding carboxylic acids is 1. The number of rotatable bonds is 8. The first-order valence-electron chi connectivity index (χ1n) is 11.3. The maximum atomic E-state index is 12.6. The van der Waals surface area contributed by atoms with Gasteiger partial charge in [-0.2, -0.15) is 4.98 Å². The molecule has 0 bridgehead atoms. The number of aromatic nitrogens is 2. The van der Waals surface area contributed by atoms with Gasteiger partial charge in [0.15, 0.2) is 5.75 Å². The van der Waals surface area contributed by atoms with Gasteiger partial charge in [-0.05, 0) is 35.4 Å². The van der Waals surface area contributed by atoms with Crippen molar-refractivity contribution in [3.05, 3.63) is 115 Å². The second kappa shape index (κ2) is 10.5. The Kier molecular flexibility index (Phi) is 6.62. The Balaban J connectivity index is 1.19. The Hall–Kier alpha value is -4.71. The van der Waals surface area contributed by atoms with Gasteiger partial charge in [0.05, 0.1) is 5.69 Å². The number of carbonyl (C=O) groups is 1. The summed E-state index contributed by atoms with van der Waals surface area (Å²) >= 11 is 0. The zero-order valence-electron chi connectivity index (χ0n) is 18.9. The Morgan fingerprint density at radius 1 is 0.743 bits per heavy atom. The molecule has 1 heterocycles. The molecule has 35 heavy (non-hydrogen) atoms. The largest absolute Gasteiger partial charge is 0.455 e. The SMILES string of the molecule is O=C(CCc1nc(-c2ccc(-c3ccccc3)cc2)no1)Nc1ccccc1Oc1ccccc1. The fraction of sp³-hybridized carbons (Fsp3) is 0.0690. The van der Waals surface area contributed by atoms with E-state index < -0.39 is 0 Å². The lowest BCUT2D eigenvalue weighted by Crippen LogP contribution is -2.13. The predicted octanol–water partition coefficient (Wildman–Crippen LogP) is 6.77. The molecule has 4 aromatic carbocycles. The minimum absolute atomic E-state index is 0.166. The molecule has 5 rings (SSSR count). The molecule has 172 valence electrons. The van der Waals surface area contributed by atoms with E-state index in [4.69, 9.17) is 9.26 Å². The third kappa shape index (κ3) is 5.62. The van der Waals surface area contributed by atoms with Crippen molar-refractivity contribution in [3.63, 3.8) is 0 Å². The van der Waals surface area contributed by atoms with Gasteiger partial charge in [0.2, 0.25) is 17.6 Å². The number of para-hydroxylation sites is 3. The van der Waals surface area contributed by atoms with Crippen LogP contribution in [0.3, 0.4) is 0 Å². The summed E-state index contributed by atoms with van der Waals surface area (Å²) in [4.78, 5) is 17.0. The van der Waals surface area contributed by atoms with Crippen molar-refractivity contribution in [1.82, 2.24) is 10.1 Å². The highest BCUT2D eigenvalue weighted by Crippen LogP contribution is 2.29. The van der Waals surface area contributed by atoms with Crippen LogP contribution >= 0.6 is 0 Å². The smallest absolute Gasteiger partial charge is 0.227 e. The van der Waals surface area contributed by atoms with Crippen LogP contribution in [0.15, 0.2) is 114 Å². The number of amides is 1. The second-order valence-corrected chi connectivity index (χ2v) is 7.91. The average molecular weight is 462 g/mol. The van der Waals surface area contributed by atoms with E-state index in [1.807, 2.05) is 91.0 Å². The van der Waals surface area contributed by atoms with Crippen LogP contribution in [0.25, 0.3) is 22.5 Å². The number of nitrogens with one attached hydrogen (secondary N) is 1. The van der Waals surface area contributed by atoms with Crippen molar-refractivity contribution in [1.29, 1.82) is 0 Å². The van der Waals surface area contributed by atoms with Gasteiger partial charge < -0.3 is 14.6 Å². The third-order valence-corrected chi connectivity index (χ3v) is 5.42. The van der Waals surface area contributed by atoms with E-state index in [1.54, 1.807) is 6.07 Å². The monoisotopic (exact) mass is 461 g/mol. The van der Waals surface area contributed by atoms with Crippen LogP contribution in [0.4, 0.5) is 5.69 Å². The highest BCUT2D eigenvalue weighted by molar-refractivity contribution is 5.92. The standard InChI is InChI=1S/C29H23N3O3/c33-27(30-25-13-7-8-14-26(25)34-24-11-5-2-6-12-24)19-20-28-31-29(32-35-28)23-17-15-22(16-18-23)21-9-3-1-4-10-21/h1-18H,19-20H2,(H,30,33). The number of anilines is 1. The number of hydrogen-bond acceptors (Lipinski definition) is 5. The quantitative estimate of drug-likeness (QED) is 0.276. The molecule has 6 nitrogen and oxygen atoms in total. The molecule has 0 fully saturated rings. The second-order valence-electron chi connectivity index (χ2n) is 7.91. The number of hydrogen-bond donors (Lipinski definition) is 1. The predicted molar refractivity (Wildman–Crippen MR) is 135 cm³/mol. The molecule has 0 spiro atoms. The van der Waals surface area contributed by atoms with E-state index in [1.165, 1.54) is 0 Å². The molecule has 0 saturated carbocycles. The van der Waals surface area contributed by atoms with E-state index in [2.05, 4.69) is 27.6 Å². The molecule has 1 N–H and O–H groups in total. The Morgan fingerprint density at radius 3 is 2.14 bits per heavy atom. The van der Waals surface area contributed by atoms with Crippen molar-refractivity contribution in [2.45, 2.75) is 12.8 Å². The summed E-state index contributed by atoms with van der Waals surface area (Å²) in [6, 6.07) is 34.9. The first-order chi connectivity index (χ1) is 17.2. The normalized spacial score (nSPS) is 10.6. The topological polar surface area (TPSA) is 77.2 Å². The lowest BCUT2D eigenvalue weighted by atomic mass is 10.0. The molecular weight excluding hydrogens is 438 g/mol. The molecule has 5 aromatic rings. The van der Waals surface area contributed by atoms with Crippen LogP contribution in [0.2, 0.25) is 0 Å². The van der Waals surface area contributed by atoms with Crippen molar-refractivity contribution in [2.24, 2.45) is 0 Å². The van der Waals surface area contributed by atoms with Crippen LogP contribution < -0.4 is 10.1 Å². The number of aryl methyl sites for hydroxylation is 1. The van der Waals surface area contributed by atoms with E-state index in [0.717, 1.165) is 16.7 Å². The van der Waals surface area contributed by atoms with Crippen LogP contribution in [-0.2, 0) is 11.2 Å². The van der Waals surface area contributed by atoms with Crippen LogP contribution in [0.5, 0.6) is 11.5 Å². The van der Waals surface area contributed by atoms with Gasteiger partial charge in [0, 0.05) is 18.4 Å². The summed E-state index contributed by atoms with van der Waals surface area (Å²) in [5.41, 5.74) is 3.73. The summed E-state index contributed by atoms with van der Waals surface area (Å²) in [5.74, 6) is 2.02. The zero-order valence-corrected chi connectivity index (χ0v) is 18.9. The first kappa shape index (κ1) is 22.1. The molecule has 6 heteroatoms. The van der Waals surface area contributed by atoms with E-state index >= 15 is 0 Å². The van der Waals surface area contributed by atoms with Crippen molar-refractivity contribution in [2.75, 3.05) is 5.32 Å². The lowest BCUT2D eigenvalue weighted by molar-refractivity contribution is -0.116. The highest BCUT2D eigenvalue weighted by atomic mass is 16.5. The van der Waals surface area contributed by atoms with Crippen LogP contribution in [0.1, 0.15) is 12.3 Å². The van der Waals surface area contributed by atoms with Crippen LogP contribution in [-0.4, -0.2) is 16.0 Å². The van der Waals surface area contributed by atoms with E-state index in [0.29, 0.717) is 35.3 Å². The number of ether oxygens (including phenoxy) is 1. The van der Waals surface area contributed by atoms with Gasteiger partial charge in [-0.15, -0.1) is 0 Å². The molecular formula is C29H23N3O3. The maximum absolute atomic E-state index is 12.6. The fourth-order valence-electron chi connectivity index (χ4n) is 3.62. The van der Waals surface area contributed by atoms with Crippen molar-refractivity contribution in [3.8, 4) is 34.0 Å². The first-order valence-corrected chi connectivity index (χ1v) is 11.3. The molecule has 0 aliphatic rings. The minimum Gasteiger partial charge on any atom is -0.455 e. The Morgan fingerprint density at radius 2 is 1.37 bits per heavy atom. The summed E-state index contributed by atoms with van der Waals surface area (Å²) < 4.78 is 11.3. The van der Waals surface area contributed by atoms with E-state index in [-0.39, 0.29) is 12.3 Å². The van der Waals surface area contributed by atoms with Crippen molar-refractivity contribution >= 4 is 11.6 Å². The maximum Gasteiger partial charge on any atom is 0.227 e. The molecule has 0 aliphatic heterocycles. The van der Waals surface area contributed by atoms with Gasteiger partial charge in [-0.3, -0.25) is 4.79 Å². The molecule has 0 radical (unpaired) electrons. The Labute approximate surface area is 203 Å². The number of benzene rings is 4. The number of nitrogens with zero attached hydrogens (tertiary/aromatic N) is 2. The van der Waals surface area contributed by atoms with Gasteiger partial charge in [0.25, 0.3) is 0 Å². The van der Waals surface area contributed by atoms with Gasteiger partial charge in [-0.1, -0.05) is 90.1 Å². The molecule has 1 amide bonds. The minimum atomic E-state index is -0.166. The molecule has 0 aliphatic carbocycles. The van der Waals surface area contributed by atoms with E-state index in [9.17, 15) is 4.79 Å². The Bertz CT molecular complexity index is 1400. The zero-order chi connectivity index (χ0) is 23.9. The third-order valence-electron chi connectivity index (χ3n) is 5.42. The summed E-state index contributed by atoms with van der Waals surface area (Å²) in [6.45, 7) is 0. The molecule has 1 aromatic heterocycles. The average Bonchev–Trinajstić information content (AvgIpc) is 3.39. The van der Waals surface area contributed by atoms with Crippen molar-refractivity contribution < 1.29 is 14.1 Å². The summed E-state index contributed by atoms with van der Waals surface area (Å²) in [5, 5.41) is 6.98. The molecule has 0 atom stereocenters. The van der Waals surface area contributed by atoms with Gasteiger partial charge in [-0.25, -0.2) is 0 Å². The van der Waals surface area contributed by atoms with Gasteiger partial charge >= 0.3 is 0 Å². The summed E-state index contributed by atoms with van der Waals surface area (Å²) in [6.07, 6.45) is 0.539. The fourth-order valence-corrected chi connectivity index (χ4v) is 3.62. The summed E-state index contributed by atoms with van der Waals surface area (Å²) in [7, 11) is 0. The lowest BCUT2D eigenvalue weighted by Gasteiger charge is -2.11. The van der Waals surface area contributed by atoms with Crippen LogP contribution in [0, 0.1) is 0 Å². The van der Waals surface area contributed by atoms with Gasteiger partial charge in [0.1, 0.15) is 5.75 Å².